The zero-order valence-corrected chi connectivity index (χ0v) is 12.5. The van der Waals surface area contributed by atoms with Gasteiger partial charge in [-0.15, -0.1) is 0 Å². The van der Waals surface area contributed by atoms with Crippen LogP contribution in [0.4, 0.5) is 10.6 Å². The topological polar surface area (TPSA) is 54.0 Å². The van der Waals surface area contributed by atoms with Gasteiger partial charge in [0.2, 0.25) is 0 Å². The molecule has 0 fully saturated rings. The summed E-state index contributed by atoms with van der Waals surface area (Å²) >= 11 is 3.39. The number of aryl methyl sites for hydroxylation is 1. The fourth-order valence-corrected chi connectivity index (χ4v) is 2.00. The third kappa shape index (κ3) is 4.51. The number of pyridine rings is 1. The number of carbonyl (C=O) groups is 1. The van der Waals surface area contributed by atoms with Gasteiger partial charge in [-0.2, -0.15) is 0 Å². The first kappa shape index (κ1) is 14.3. The van der Waals surface area contributed by atoms with E-state index in [4.69, 9.17) is 0 Å². The first-order valence-electron chi connectivity index (χ1n) is 6.06. The fraction of sp³-hybridized carbons (Fsp3) is 0.0667. The van der Waals surface area contributed by atoms with E-state index in [1.165, 1.54) is 0 Å². The zero-order chi connectivity index (χ0) is 14.4. The molecule has 4 nitrogen and oxygen atoms in total. The van der Waals surface area contributed by atoms with Gasteiger partial charge in [0, 0.05) is 16.9 Å². The highest BCUT2D eigenvalue weighted by molar-refractivity contribution is 9.10. The number of nitrogens with one attached hydrogen (secondary N) is 2. The Bertz CT molecular complexity index is 641. The Morgan fingerprint density at radius 1 is 1.30 bits per heavy atom. The van der Waals surface area contributed by atoms with Gasteiger partial charge in [-0.1, -0.05) is 28.1 Å². The number of hydrogen-bond donors (Lipinski definition) is 2. The van der Waals surface area contributed by atoms with E-state index in [1.54, 1.807) is 18.5 Å². The van der Waals surface area contributed by atoms with Gasteiger partial charge in [-0.3, -0.25) is 5.32 Å². The van der Waals surface area contributed by atoms with Crippen LogP contribution in [0.2, 0.25) is 0 Å². The molecule has 0 bridgehead atoms. The molecule has 1 aromatic heterocycles. The lowest BCUT2D eigenvalue weighted by Crippen LogP contribution is -2.24. The summed E-state index contributed by atoms with van der Waals surface area (Å²) in [5, 5.41) is 5.29. The van der Waals surface area contributed by atoms with Gasteiger partial charge in [-0.25, -0.2) is 9.78 Å². The molecule has 2 N–H and O–H groups in total. The van der Waals surface area contributed by atoms with Gasteiger partial charge < -0.3 is 5.32 Å². The lowest BCUT2D eigenvalue weighted by atomic mass is 10.2. The Morgan fingerprint density at radius 2 is 2.15 bits per heavy atom. The maximum absolute atomic E-state index is 11.7. The van der Waals surface area contributed by atoms with E-state index in [9.17, 15) is 4.79 Å². The minimum Gasteiger partial charge on any atom is -0.314 e. The smallest absolute Gasteiger partial charge is 0.314 e. The average Bonchev–Trinajstić information content (AvgIpc) is 2.38. The molecule has 0 atom stereocenters. The van der Waals surface area contributed by atoms with Gasteiger partial charge in [0.1, 0.15) is 5.82 Å². The van der Waals surface area contributed by atoms with Crippen LogP contribution >= 0.6 is 15.9 Å². The first-order chi connectivity index (χ1) is 9.63. The maximum atomic E-state index is 11.7. The highest BCUT2D eigenvalue weighted by atomic mass is 79.9. The standard InChI is InChI=1S/C15H14BrN3O/c1-11-5-7-17-14(9-11)19-15(20)18-8-6-12-3-2-4-13(16)10-12/h2-10H,1H3,(H2,17,18,19,20)/b8-6+. The molecular weight excluding hydrogens is 318 g/mol. The van der Waals surface area contributed by atoms with Crippen LogP contribution in [-0.4, -0.2) is 11.0 Å². The Labute approximate surface area is 126 Å². The molecule has 102 valence electrons. The SMILES string of the molecule is Cc1ccnc(NC(=O)N/C=C/c2cccc(Br)c2)c1. The molecule has 2 aromatic rings. The molecule has 0 saturated heterocycles. The van der Waals surface area contributed by atoms with Crippen LogP contribution in [0, 0.1) is 6.92 Å². The van der Waals surface area contributed by atoms with Crippen molar-refractivity contribution < 1.29 is 4.79 Å². The summed E-state index contributed by atoms with van der Waals surface area (Å²) in [4.78, 5) is 15.7. The normalized spacial score (nSPS) is 10.5. The molecule has 0 aliphatic rings. The number of urea groups is 1. The number of halogens is 1. The van der Waals surface area contributed by atoms with Crippen LogP contribution in [0.3, 0.4) is 0 Å². The molecule has 0 aliphatic carbocycles. The van der Waals surface area contributed by atoms with Crippen molar-refractivity contribution in [1.82, 2.24) is 10.3 Å². The predicted molar refractivity (Wildman–Crippen MR) is 84.3 cm³/mol. The second-order valence-corrected chi connectivity index (χ2v) is 5.12. The van der Waals surface area contributed by atoms with Gasteiger partial charge in [0.05, 0.1) is 0 Å². The number of aromatic nitrogens is 1. The van der Waals surface area contributed by atoms with Crippen LogP contribution in [0.25, 0.3) is 6.08 Å². The molecule has 2 rings (SSSR count). The van der Waals surface area contributed by atoms with E-state index in [2.05, 4.69) is 31.5 Å². The van der Waals surface area contributed by atoms with Crippen molar-refractivity contribution in [2.24, 2.45) is 0 Å². The highest BCUT2D eigenvalue weighted by Gasteiger charge is 1.99. The Hall–Kier alpha value is -2.14. The number of anilines is 1. The number of benzene rings is 1. The van der Waals surface area contributed by atoms with Gasteiger partial charge in [-0.05, 0) is 48.4 Å². The van der Waals surface area contributed by atoms with Crippen molar-refractivity contribution in [2.45, 2.75) is 6.92 Å². The zero-order valence-electron chi connectivity index (χ0n) is 10.9. The number of amides is 2. The van der Waals surface area contributed by atoms with E-state index in [0.29, 0.717) is 5.82 Å². The Balaban J connectivity index is 1.89. The molecular formula is C15H14BrN3O. The molecule has 20 heavy (non-hydrogen) atoms. The predicted octanol–water partition coefficient (Wildman–Crippen LogP) is 3.94. The fourth-order valence-electron chi connectivity index (χ4n) is 1.58. The lowest BCUT2D eigenvalue weighted by Gasteiger charge is -2.04. The summed E-state index contributed by atoms with van der Waals surface area (Å²) < 4.78 is 0.994. The third-order valence-corrected chi connectivity index (χ3v) is 2.99. The molecule has 0 radical (unpaired) electrons. The summed E-state index contributed by atoms with van der Waals surface area (Å²) in [7, 11) is 0. The highest BCUT2D eigenvalue weighted by Crippen LogP contribution is 2.12. The Kier molecular flexibility index (Phi) is 4.90. The van der Waals surface area contributed by atoms with Gasteiger partial charge in [0.15, 0.2) is 0 Å². The minimum absolute atomic E-state index is 0.325. The van der Waals surface area contributed by atoms with E-state index >= 15 is 0 Å². The molecule has 0 aliphatic heterocycles. The first-order valence-corrected chi connectivity index (χ1v) is 6.85. The number of rotatable bonds is 3. The molecule has 1 aromatic carbocycles. The van der Waals surface area contributed by atoms with Crippen LogP contribution in [0.5, 0.6) is 0 Å². The second kappa shape index (κ2) is 6.86. The summed E-state index contributed by atoms with van der Waals surface area (Å²) in [6.07, 6.45) is 5.06. The number of hydrogen-bond acceptors (Lipinski definition) is 2. The largest absolute Gasteiger partial charge is 0.324 e. The van der Waals surface area contributed by atoms with E-state index in [0.717, 1.165) is 15.6 Å². The van der Waals surface area contributed by atoms with E-state index in [1.807, 2.05) is 43.3 Å². The quantitative estimate of drug-likeness (QED) is 0.894. The van der Waals surface area contributed by atoms with E-state index in [-0.39, 0.29) is 6.03 Å². The second-order valence-electron chi connectivity index (χ2n) is 4.21. The molecule has 5 heteroatoms. The van der Waals surface area contributed by atoms with Gasteiger partial charge in [0.25, 0.3) is 0 Å². The van der Waals surface area contributed by atoms with Crippen LogP contribution in [-0.2, 0) is 0 Å². The molecule has 2 amide bonds. The molecule has 0 unspecified atom stereocenters. The van der Waals surface area contributed by atoms with Crippen molar-refractivity contribution in [3.05, 3.63) is 64.4 Å². The summed E-state index contributed by atoms with van der Waals surface area (Å²) in [6, 6.07) is 11.1. The Morgan fingerprint density at radius 3 is 2.90 bits per heavy atom. The molecule has 1 heterocycles. The number of nitrogens with zero attached hydrogens (tertiary/aromatic N) is 1. The maximum Gasteiger partial charge on any atom is 0.324 e. The third-order valence-electron chi connectivity index (χ3n) is 2.50. The van der Waals surface area contributed by atoms with Crippen LogP contribution in [0.15, 0.2) is 53.3 Å². The monoisotopic (exact) mass is 331 g/mol. The summed E-state index contributed by atoms with van der Waals surface area (Å²) in [6.45, 7) is 1.94. The summed E-state index contributed by atoms with van der Waals surface area (Å²) in [5.74, 6) is 0.526. The summed E-state index contributed by atoms with van der Waals surface area (Å²) in [5.41, 5.74) is 2.04. The average molecular weight is 332 g/mol. The van der Waals surface area contributed by atoms with Crippen molar-refractivity contribution in [3.63, 3.8) is 0 Å². The lowest BCUT2D eigenvalue weighted by molar-refractivity contribution is 0.255. The van der Waals surface area contributed by atoms with E-state index < -0.39 is 0 Å². The van der Waals surface area contributed by atoms with Gasteiger partial charge >= 0.3 is 6.03 Å². The van der Waals surface area contributed by atoms with Crippen LogP contribution < -0.4 is 10.6 Å². The van der Waals surface area contributed by atoms with Crippen LogP contribution in [0.1, 0.15) is 11.1 Å². The van der Waals surface area contributed by atoms with Crippen molar-refractivity contribution in [1.29, 1.82) is 0 Å². The van der Waals surface area contributed by atoms with Crippen molar-refractivity contribution >= 4 is 33.9 Å². The molecule has 0 spiro atoms. The number of carbonyl (C=O) groups excluding carboxylic acids is 1. The molecule has 0 saturated carbocycles. The van der Waals surface area contributed by atoms with Crippen molar-refractivity contribution in [3.8, 4) is 0 Å². The minimum atomic E-state index is -0.325. The van der Waals surface area contributed by atoms with Crippen molar-refractivity contribution in [2.75, 3.05) is 5.32 Å².